The average Bonchev–Trinajstić information content (AvgIpc) is 2.57. The van der Waals surface area contributed by atoms with E-state index in [1.807, 2.05) is 0 Å². The van der Waals surface area contributed by atoms with E-state index >= 15 is 0 Å². The molecule has 1 rings (SSSR count). The Kier molecular flexibility index (Phi) is 7.70. The first-order valence-corrected chi connectivity index (χ1v) is 7.93. The van der Waals surface area contributed by atoms with Crippen LogP contribution >= 0.6 is 0 Å². The highest BCUT2D eigenvalue weighted by molar-refractivity contribution is 5.96. The third kappa shape index (κ3) is 7.73. The summed E-state index contributed by atoms with van der Waals surface area (Å²) < 4.78 is 15.2. The van der Waals surface area contributed by atoms with Crippen molar-refractivity contribution < 1.29 is 28.6 Å². The highest BCUT2D eigenvalue weighted by atomic mass is 16.6. The van der Waals surface area contributed by atoms with Gasteiger partial charge in [-0.05, 0) is 32.9 Å². The summed E-state index contributed by atoms with van der Waals surface area (Å²) in [6.45, 7) is 5.29. The Labute approximate surface area is 152 Å². The van der Waals surface area contributed by atoms with Crippen LogP contribution in [-0.4, -0.2) is 44.3 Å². The third-order valence-electron chi connectivity index (χ3n) is 2.95. The van der Waals surface area contributed by atoms with Gasteiger partial charge < -0.3 is 19.5 Å². The maximum Gasteiger partial charge on any atom is 0.407 e. The standard InChI is InChI=1S/C17H25N3O6/c1-17(2,3)26-16(23)18-7-6-14(21)19-20-15(22)11-8-12(24-4)10-13(9-11)25-5/h8-10H,6-7H2,1-5H3,(H,18,23)(H,19,21)(H,20,22). The molecule has 0 aliphatic heterocycles. The first kappa shape index (κ1) is 21.1. The lowest BCUT2D eigenvalue weighted by Gasteiger charge is -2.19. The zero-order chi connectivity index (χ0) is 19.7. The molecule has 0 saturated carbocycles. The summed E-state index contributed by atoms with van der Waals surface area (Å²) in [6.07, 6.45) is -0.640. The Balaban J connectivity index is 2.43. The maximum atomic E-state index is 12.1. The summed E-state index contributed by atoms with van der Waals surface area (Å²) in [6, 6.07) is 4.64. The fourth-order valence-electron chi connectivity index (χ4n) is 1.79. The lowest BCUT2D eigenvalue weighted by atomic mass is 10.2. The number of carbonyl (C=O) groups is 3. The molecule has 0 bridgehead atoms. The van der Waals surface area contributed by atoms with Gasteiger partial charge in [-0.2, -0.15) is 0 Å². The molecular formula is C17H25N3O6. The van der Waals surface area contributed by atoms with Crippen LogP contribution < -0.4 is 25.6 Å². The number of nitrogens with one attached hydrogen (secondary N) is 3. The minimum atomic E-state index is -0.613. The number of alkyl carbamates (subject to hydrolysis) is 1. The number of methoxy groups -OCH3 is 2. The summed E-state index contributed by atoms with van der Waals surface area (Å²) in [7, 11) is 2.94. The van der Waals surface area contributed by atoms with Gasteiger partial charge in [0.25, 0.3) is 5.91 Å². The van der Waals surface area contributed by atoms with Crippen LogP contribution in [0.2, 0.25) is 0 Å². The van der Waals surface area contributed by atoms with Crippen molar-refractivity contribution in [2.24, 2.45) is 0 Å². The van der Waals surface area contributed by atoms with Gasteiger partial charge >= 0.3 is 6.09 Å². The van der Waals surface area contributed by atoms with Crippen molar-refractivity contribution in [3.8, 4) is 11.5 Å². The van der Waals surface area contributed by atoms with Crippen molar-refractivity contribution in [3.63, 3.8) is 0 Å². The van der Waals surface area contributed by atoms with Crippen LogP contribution in [0.25, 0.3) is 0 Å². The molecule has 26 heavy (non-hydrogen) atoms. The summed E-state index contributed by atoms with van der Waals surface area (Å²) in [5, 5.41) is 2.45. The fraction of sp³-hybridized carbons (Fsp3) is 0.471. The van der Waals surface area contributed by atoms with Crippen LogP contribution in [0.15, 0.2) is 18.2 Å². The molecule has 0 heterocycles. The predicted molar refractivity (Wildman–Crippen MR) is 94.0 cm³/mol. The molecule has 0 aliphatic carbocycles. The number of rotatable bonds is 6. The Morgan fingerprint density at radius 2 is 1.54 bits per heavy atom. The average molecular weight is 367 g/mol. The van der Waals surface area contributed by atoms with Crippen LogP contribution in [0.5, 0.6) is 11.5 Å². The van der Waals surface area contributed by atoms with E-state index in [0.29, 0.717) is 11.5 Å². The molecule has 0 spiro atoms. The molecule has 9 heteroatoms. The van der Waals surface area contributed by atoms with Crippen molar-refractivity contribution >= 4 is 17.9 Å². The number of hydrazine groups is 1. The highest BCUT2D eigenvalue weighted by Crippen LogP contribution is 2.22. The van der Waals surface area contributed by atoms with Crippen LogP contribution in [0.3, 0.4) is 0 Å². The minimum Gasteiger partial charge on any atom is -0.497 e. The zero-order valence-corrected chi connectivity index (χ0v) is 15.6. The Morgan fingerprint density at radius 3 is 2.04 bits per heavy atom. The molecule has 144 valence electrons. The van der Waals surface area contributed by atoms with E-state index in [4.69, 9.17) is 14.2 Å². The first-order chi connectivity index (χ1) is 12.1. The zero-order valence-electron chi connectivity index (χ0n) is 15.6. The van der Waals surface area contributed by atoms with Gasteiger partial charge in [0.1, 0.15) is 17.1 Å². The van der Waals surface area contributed by atoms with Crippen molar-refractivity contribution in [1.29, 1.82) is 0 Å². The highest BCUT2D eigenvalue weighted by Gasteiger charge is 2.16. The molecule has 0 aliphatic rings. The van der Waals surface area contributed by atoms with Crippen LogP contribution in [0.1, 0.15) is 37.6 Å². The molecule has 0 fully saturated rings. The fourth-order valence-corrected chi connectivity index (χ4v) is 1.79. The topological polar surface area (TPSA) is 115 Å². The molecule has 0 saturated heterocycles. The molecule has 0 atom stereocenters. The second kappa shape index (κ2) is 9.50. The number of benzene rings is 1. The van der Waals surface area contributed by atoms with E-state index in [2.05, 4.69) is 16.2 Å². The summed E-state index contributed by atoms with van der Waals surface area (Å²) in [5.41, 5.74) is 4.19. The van der Waals surface area contributed by atoms with Crippen molar-refractivity contribution in [1.82, 2.24) is 16.2 Å². The predicted octanol–water partition coefficient (Wildman–Crippen LogP) is 1.38. The molecule has 3 amide bonds. The lowest BCUT2D eigenvalue weighted by molar-refractivity contribution is -0.121. The molecule has 1 aromatic rings. The van der Waals surface area contributed by atoms with Gasteiger partial charge in [-0.25, -0.2) is 4.79 Å². The molecule has 3 N–H and O–H groups in total. The van der Waals surface area contributed by atoms with Gasteiger partial charge in [-0.15, -0.1) is 0 Å². The normalized spacial score (nSPS) is 10.5. The second-order valence-electron chi connectivity index (χ2n) is 6.28. The Hall–Kier alpha value is -2.97. The van der Waals surface area contributed by atoms with E-state index in [9.17, 15) is 14.4 Å². The summed E-state index contributed by atoms with van der Waals surface area (Å²) >= 11 is 0. The number of hydrogen-bond donors (Lipinski definition) is 3. The smallest absolute Gasteiger partial charge is 0.407 e. The van der Waals surface area contributed by atoms with Crippen molar-refractivity contribution in [3.05, 3.63) is 23.8 Å². The van der Waals surface area contributed by atoms with E-state index in [-0.39, 0.29) is 18.5 Å². The Morgan fingerprint density at radius 1 is 0.962 bits per heavy atom. The van der Waals surface area contributed by atoms with Crippen LogP contribution in [0, 0.1) is 0 Å². The van der Waals surface area contributed by atoms with E-state index in [0.717, 1.165) is 0 Å². The molecular weight excluding hydrogens is 342 g/mol. The minimum absolute atomic E-state index is 0.0268. The summed E-state index contributed by atoms with van der Waals surface area (Å²) in [5.74, 6) is -0.107. The van der Waals surface area contributed by atoms with Gasteiger partial charge in [0.05, 0.1) is 14.2 Å². The van der Waals surface area contributed by atoms with Gasteiger partial charge in [-0.3, -0.25) is 20.4 Å². The van der Waals surface area contributed by atoms with E-state index in [1.165, 1.54) is 26.4 Å². The number of hydrogen-bond acceptors (Lipinski definition) is 6. The second-order valence-corrected chi connectivity index (χ2v) is 6.28. The molecule has 0 radical (unpaired) electrons. The molecule has 9 nitrogen and oxygen atoms in total. The van der Waals surface area contributed by atoms with Crippen LogP contribution in [-0.2, 0) is 9.53 Å². The van der Waals surface area contributed by atoms with Gasteiger partial charge in [0, 0.05) is 24.6 Å². The van der Waals surface area contributed by atoms with E-state index < -0.39 is 23.5 Å². The maximum absolute atomic E-state index is 12.1. The first-order valence-electron chi connectivity index (χ1n) is 7.93. The summed E-state index contributed by atoms with van der Waals surface area (Å²) in [4.78, 5) is 35.3. The van der Waals surface area contributed by atoms with Gasteiger partial charge in [-0.1, -0.05) is 0 Å². The van der Waals surface area contributed by atoms with Gasteiger partial charge in [0.2, 0.25) is 5.91 Å². The largest absolute Gasteiger partial charge is 0.497 e. The molecule has 1 aromatic carbocycles. The number of amides is 3. The number of ether oxygens (including phenoxy) is 3. The van der Waals surface area contributed by atoms with Gasteiger partial charge in [0.15, 0.2) is 0 Å². The molecule has 0 aromatic heterocycles. The van der Waals surface area contributed by atoms with E-state index in [1.54, 1.807) is 26.8 Å². The SMILES string of the molecule is COc1cc(OC)cc(C(=O)NNC(=O)CCNC(=O)OC(C)(C)C)c1. The number of carbonyl (C=O) groups excluding carboxylic acids is 3. The Bertz CT molecular complexity index is 632. The third-order valence-corrected chi connectivity index (χ3v) is 2.95. The molecule has 0 unspecified atom stereocenters. The van der Waals surface area contributed by atoms with Crippen molar-refractivity contribution in [2.75, 3.05) is 20.8 Å². The van der Waals surface area contributed by atoms with Crippen molar-refractivity contribution in [2.45, 2.75) is 32.8 Å². The van der Waals surface area contributed by atoms with Crippen LogP contribution in [0.4, 0.5) is 4.79 Å². The lowest BCUT2D eigenvalue weighted by Crippen LogP contribution is -2.43. The quantitative estimate of drug-likeness (QED) is 0.655. The monoisotopic (exact) mass is 367 g/mol.